The molecule has 0 fully saturated rings. The van der Waals surface area contributed by atoms with Crippen LogP contribution in [0, 0.1) is 12.7 Å². The van der Waals surface area contributed by atoms with Gasteiger partial charge in [0.15, 0.2) is 11.5 Å². The average Bonchev–Trinajstić information content (AvgIpc) is 3.48. The SMILES string of the molecule is Cc1nccn1C(C)c1c(F)c(Cl)c(-c2cn3cc(NC=O)nc3cn2)c2cn[nH]c12. The molecule has 0 aliphatic rings. The zero-order valence-corrected chi connectivity index (χ0v) is 17.2. The highest BCUT2D eigenvalue weighted by atomic mass is 35.5. The van der Waals surface area contributed by atoms with Crippen LogP contribution in [-0.2, 0) is 4.79 Å². The third-order valence-corrected chi connectivity index (χ3v) is 5.68. The first-order valence-electron chi connectivity index (χ1n) is 9.38. The smallest absolute Gasteiger partial charge is 0.212 e. The van der Waals surface area contributed by atoms with Gasteiger partial charge in [-0.15, -0.1) is 0 Å². The van der Waals surface area contributed by atoms with E-state index in [9.17, 15) is 4.79 Å². The number of aromatic nitrogens is 7. The van der Waals surface area contributed by atoms with Crippen LogP contribution in [0.4, 0.5) is 10.2 Å². The largest absolute Gasteiger partial charge is 0.328 e. The maximum Gasteiger partial charge on any atom is 0.212 e. The number of carbonyl (C=O) groups is 1. The van der Waals surface area contributed by atoms with E-state index in [1.54, 1.807) is 35.4 Å². The van der Waals surface area contributed by atoms with Gasteiger partial charge in [0.1, 0.15) is 11.6 Å². The number of aryl methyl sites for hydroxylation is 1. The summed E-state index contributed by atoms with van der Waals surface area (Å²) in [6.07, 6.45) is 10.4. The third-order valence-electron chi connectivity index (χ3n) is 5.33. The second kappa shape index (κ2) is 7.17. The lowest BCUT2D eigenvalue weighted by Gasteiger charge is -2.19. The zero-order valence-electron chi connectivity index (χ0n) is 16.5. The highest BCUT2D eigenvalue weighted by Crippen LogP contribution is 2.41. The van der Waals surface area contributed by atoms with Gasteiger partial charge in [0.25, 0.3) is 0 Å². The van der Waals surface area contributed by atoms with E-state index in [4.69, 9.17) is 11.6 Å². The van der Waals surface area contributed by atoms with Crippen molar-refractivity contribution in [1.82, 2.24) is 34.1 Å². The van der Waals surface area contributed by atoms with Gasteiger partial charge in [0.05, 0.1) is 40.9 Å². The van der Waals surface area contributed by atoms with E-state index in [0.717, 1.165) is 5.82 Å². The molecule has 0 aliphatic heterocycles. The molecule has 1 amide bonds. The van der Waals surface area contributed by atoms with Crippen molar-refractivity contribution in [2.75, 3.05) is 5.32 Å². The summed E-state index contributed by atoms with van der Waals surface area (Å²) in [5, 5.41) is 10.1. The Kier molecular flexibility index (Phi) is 4.44. The van der Waals surface area contributed by atoms with Crippen molar-refractivity contribution < 1.29 is 9.18 Å². The molecule has 0 bridgehead atoms. The summed E-state index contributed by atoms with van der Waals surface area (Å²) in [4.78, 5) is 23.5. The molecule has 0 saturated carbocycles. The lowest BCUT2D eigenvalue weighted by molar-refractivity contribution is -0.105. The van der Waals surface area contributed by atoms with Crippen LogP contribution in [0.5, 0.6) is 0 Å². The molecule has 9 nitrogen and oxygen atoms in total. The number of rotatable bonds is 5. The second-order valence-corrected chi connectivity index (χ2v) is 7.44. The predicted molar refractivity (Wildman–Crippen MR) is 114 cm³/mol. The number of halogens is 2. The predicted octanol–water partition coefficient (Wildman–Crippen LogP) is 3.75. The van der Waals surface area contributed by atoms with Crippen LogP contribution in [0.1, 0.15) is 24.4 Å². The second-order valence-electron chi connectivity index (χ2n) is 7.06. The summed E-state index contributed by atoms with van der Waals surface area (Å²) < 4.78 is 19.2. The molecule has 0 spiro atoms. The Morgan fingerprint density at radius 3 is 2.87 bits per heavy atom. The minimum atomic E-state index is -0.551. The molecule has 5 rings (SSSR count). The minimum absolute atomic E-state index is 0.0493. The molecule has 0 aliphatic carbocycles. The van der Waals surface area contributed by atoms with Gasteiger partial charge in [0, 0.05) is 35.1 Å². The lowest BCUT2D eigenvalue weighted by atomic mass is 9.98. The Morgan fingerprint density at radius 1 is 1.29 bits per heavy atom. The molecule has 4 aromatic heterocycles. The topological polar surface area (TPSA) is 106 Å². The fourth-order valence-corrected chi connectivity index (χ4v) is 4.17. The molecule has 2 N–H and O–H groups in total. The summed E-state index contributed by atoms with van der Waals surface area (Å²) in [6.45, 7) is 3.73. The van der Waals surface area contributed by atoms with Crippen LogP contribution in [0.3, 0.4) is 0 Å². The standard InChI is InChI=1S/C20H16ClFN8O/c1-10(30-4-3-23-11(30)2)16-19(22)18(21)17(12-5-26-28-20(12)16)13-7-29-8-14(25-9-31)27-15(29)6-24-13/h3-10H,1-2H3,(H,25,31)(H,26,28). The van der Waals surface area contributed by atoms with Gasteiger partial charge in [-0.1, -0.05) is 11.6 Å². The molecule has 11 heteroatoms. The first kappa shape index (κ1) is 19.2. The van der Waals surface area contributed by atoms with Crippen molar-refractivity contribution in [3.63, 3.8) is 0 Å². The van der Waals surface area contributed by atoms with E-state index in [1.165, 1.54) is 6.20 Å². The molecule has 156 valence electrons. The first-order chi connectivity index (χ1) is 15.0. The molecule has 0 saturated heterocycles. The highest BCUT2D eigenvalue weighted by molar-refractivity contribution is 6.35. The fourth-order valence-electron chi connectivity index (χ4n) is 3.87. The van der Waals surface area contributed by atoms with Crippen molar-refractivity contribution in [2.24, 2.45) is 0 Å². The number of imidazole rings is 2. The number of anilines is 1. The third kappa shape index (κ3) is 2.95. The maximum absolute atomic E-state index is 15.6. The molecule has 1 atom stereocenters. The van der Waals surface area contributed by atoms with Crippen molar-refractivity contribution in [1.29, 1.82) is 0 Å². The van der Waals surface area contributed by atoms with Crippen LogP contribution in [-0.4, -0.2) is 40.5 Å². The number of fused-ring (bicyclic) bond motifs is 2. The van der Waals surface area contributed by atoms with E-state index in [0.29, 0.717) is 45.6 Å². The molecule has 0 radical (unpaired) electrons. The normalized spacial score (nSPS) is 12.5. The number of H-pyrrole nitrogens is 1. The summed E-state index contributed by atoms with van der Waals surface area (Å²) in [5.41, 5.74) is 2.31. The Bertz CT molecular complexity index is 1450. The number of nitrogens with zero attached hydrogens (tertiary/aromatic N) is 6. The van der Waals surface area contributed by atoms with Crippen LogP contribution < -0.4 is 5.32 Å². The van der Waals surface area contributed by atoms with Crippen molar-refractivity contribution >= 4 is 40.4 Å². The lowest BCUT2D eigenvalue weighted by Crippen LogP contribution is -2.11. The van der Waals surface area contributed by atoms with Gasteiger partial charge in [-0.05, 0) is 13.8 Å². The fraction of sp³-hybridized carbons (Fsp3) is 0.150. The zero-order chi connectivity index (χ0) is 21.7. The van der Waals surface area contributed by atoms with Crippen molar-refractivity contribution in [3.8, 4) is 11.3 Å². The molecule has 31 heavy (non-hydrogen) atoms. The van der Waals surface area contributed by atoms with Crippen LogP contribution >= 0.6 is 11.6 Å². The maximum atomic E-state index is 15.6. The quantitative estimate of drug-likeness (QED) is 0.406. The summed E-state index contributed by atoms with van der Waals surface area (Å²) in [7, 11) is 0. The number of amides is 1. The number of hydrogen-bond acceptors (Lipinski definition) is 5. The number of carbonyl (C=O) groups excluding carboxylic acids is 1. The highest BCUT2D eigenvalue weighted by Gasteiger charge is 2.26. The minimum Gasteiger partial charge on any atom is -0.328 e. The van der Waals surface area contributed by atoms with Crippen molar-refractivity contribution in [2.45, 2.75) is 19.9 Å². The number of aromatic amines is 1. The molecule has 1 unspecified atom stereocenters. The Balaban J connectivity index is 1.72. The van der Waals surface area contributed by atoms with Gasteiger partial charge in [0.2, 0.25) is 6.41 Å². The molecule has 5 aromatic rings. The van der Waals surface area contributed by atoms with Gasteiger partial charge < -0.3 is 14.3 Å². The van der Waals surface area contributed by atoms with Crippen LogP contribution in [0.15, 0.2) is 37.2 Å². The van der Waals surface area contributed by atoms with Gasteiger partial charge in [-0.25, -0.2) is 14.4 Å². The molecule has 4 heterocycles. The Hall–Kier alpha value is -3.79. The molecular formula is C20H16ClFN8O. The van der Waals surface area contributed by atoms with E-state index >= 15 is 4.39 Å². The van der Waals surface area contributed by atoms with Gasteiger partial charge in [-0.2, -0.15) is 5.10 Å². The van der Waals surface area contributed by atoms with E-state index in [1.807, 2.05) is 18.4 Å². The number of nitrogens with one attached hydrogen (secondary N) is 2. The van der Waals surface area contributed by atoms with Crippen molar-refractivity contribution in [3.05, 3.63) is 59.4 Å². The van der Waals surface area contributed by atoms with E-state index in [-0.39, 0.29) is 11.1 Å². The molecular weight excluding hydrogens is 423 g/mol. The summed E-state index contributed by atoms with van der Waals surface area (Å²) >= 11 is 6.56. The van der Waals surface area contributed by atoms with E-state index in [2.05, 4.69) is 30.5 Å². The monoisotopic (exact) mass is 438 g/mol. The average molecular weight is 439 g/mol. The number of benzene rings is 1. The summed E-state index contributed by atoms with van der Waals surface area (Å²) in [5.74, 6) is 0.580. The van der Waals surface area contributed by atoms with Gasteiger partial charge in [-0.3, -0.25) is 14.9 Å². The first-order valence-corrected chi connectivity index (χ1v) is 9.76. The van der Waals surface area contributed by atoms with Crippen LogP contribution in [0.25, 0.3) is 27.8 Å². The van der Waals surface area contributed by atoms with Gasteiger partial charge >= 0.3 is 0 Å². The Labute approximate surface area is 179 Å². The molecule has 1 aromatic carbocycles. The Morgan fingerprint density at radius 2 is 2.13 bits per heavy atom. The van der Waals surface area contributed by atoms with E-state index < -0.39 is 5.82 Å². The van der Waals surface area contributed by atoms with Crippen LogP contribution in [0.2, 0.25) is 5.02 Å². The summed E-state index contributed by atoms with van der Waals surface area (Å²) in [6, 6.07) is -0.363. The number of hydrogen-bond donors (Lipinski definition) is 2.